The van der Waals surface area contributed by atoms with Crippen molar-refractivity contribution in [2.45, 2.75) is 0 Å². The van der Waals surface area contributed by atoms with Gasteiger partial charge < -0.3 is 24.8 Å². The van der Waals surface area contributed by atoms with E-state index in [0.717, 1.165) is 11.4 Å². The molecule has 0 amide bonds. The van der Waals surface area contributed by atoms with Crippen molar-refractivity contribution in [2.75, 3.05) is 0 Å². The summed E-state index contributed by atoms with van der Waals surface area (Å²) in [4.78, 5) is 8.37. The van der Waals surface area contributed by atoms with Crippen molar-refractivity contribution in [1.29, 1.82) is 0 Å². The molecule has 0 spiro atoms. The molecule has 0 saturated carbocycles. The third kappa shape index (κ3) is 4.71. The van der Waals surface area contributed by atoms with Gasteiger partial charge >= 0.3 is 19.8 Å². The minimum absolute atomic E-state index is 0. The van der Waals surface area contributed by atoms with E-state index in [9.17, 15) is 0 Å². The Morgan fingerprint density at radius 3 is 1.33 bits per heavy atom. The van der Waals surface area contributed by atoms with E-state index in [1.54, 1.807) is 12.4 Å². The number of halogens is 2. The van der Waals surface area contributed by atoms with Crippen LogP contribution < -0.4 is 24.8 Å². The van der Waals surface area contributed by atoms with E-state index in [1.165, 1.54) is 0 Å². The molecule has 0 aliphatic heterocycles. The molecular weight excluding hydrogens is 409 g/mol. The van der Waals surface area contributed by atoms with Gasteiger partial charge in [0.05, 0.1) is 11.4 Å². The molecule has 0 aliphatic carbocycles. The van der Waals surface area contributed by atoms with Crippen molar-refractivity contribution in [3.05, 3.63) is 48.8 Å². The Kier molecular flexibility index (Phi) is 9.93. The Hall–Kier alpha value is -0.484. The topological polar surface area (TPSA) is 25.8 Å². The van der Waals surface area contributed by atoms with Crippen LogP contribution in [-0.2, 0) is 19.8 Å². The fourth-order valence-electron chi connectivity index (χ4n) is 1.03. The van der Waals surface area contributed by atoms with Gasteiger partial charge in [-0.1, -0.05) is 12.1 Å². The second kappa shape index (κ2) is 8.80. The molecule has 80 valence electrons. The van der Waals surface area contributed by atoms with Crippen LogP contribution in [0.25, 0.3) is 11.4 Å². The zero-order valence-electron chi connectivity index (χ0n) is 7.62. The van der Waals surface area contributed by atoms with Gasteiger partial charge in [-0.2, -0.15) is 0 Å². The van der Waals surface area contributed by atoms with Gasteiger partial charge in [0.15, 0.2) is 0 Å². The van der Waals surface area contributed by atoms with Crippen LogP contribution in [0.5, 0.6) is 0 Å². The van der Waals surface area contributed by atoms with Crippen molar-refractivity contribution in [2.24, 2.45) is 0 Å². The van der Waals surface area contributed by atoms with E-state index >= 15 is 0 Å². The van der Waals surface area contributed by atoms with Crippen molar-refractivity contribution in [3.8, 4) is 11.4 Å². The summed E-state index contributed by atoms with van der Waals surface area (Å²) in [5.41, 5.74) is 1.83. The number of nitrogens with zero attached hydrogens (tertiary/aromatic N) is 2. The monoisotopic (exact) mass is 418 g/mol. The number of hydrogen-bond donors (Lipinski definition) is 0. The van der Waals surface area contributed by atoms with Crippen molar-refractivity contribution >= 4 is 0 Å². The van der Waals surface area contributed by atoms with Crippen LogP contribution in [0.1, 0.15) is 0 Å². The fraction of sp³-hybridized carbons (Fsp3) is 0. The number of pyridine rings is 2. The van der Waals surface area contributed by atoms with Crippen molar-refractivity contribution < 1.29 is 44.6 Å². The van der Waals surface area contributed by atoms with E-state index < -0.39 is 0 Å². The maximum atomic E-state index is 4.19. The zero-order chi connectivity index (χ0) is 8.23. The van der Waals surface area contributed by atoms with Gasteiger partial charge in [0.25, 0.3) is 0 Å². The smallest absolute Gasteiger partial charge is 1.00 e. The molecule has 15 heavy (non-hydrogen) atoms. The summed E-state index contributed by atoms with van der Waals surface area (Å²) < 4.78 is 0. The first-order chi connectivity index (χ1) is 5.97. The predicted molar refractivity (Wildman–Crippen MR) is 47.5 cm³/mol. The Labute approximate surface area is 114 Å². The average molecular weight is 417 g/mol. The molecule has 0 aliphatic rings. The van der Waals surface area contributed by atoms with Crippen LogP contribution in [0.3, 0.4) is 0 Å². The van der Waals surface area contributed by atoms with Crippen LogP contribution in [0, 0.1) is 0 Å². The molecule has 2 rings (SSSR count). The molecule has 0 fully saturated rings. The number of rotatable bonds is 1. The van der Waals surface area contributed by atoms with Gasteiger partial charge in [-0.05, 0) is 24.3 Å². The quantitative estimate of drug-likeness (QED) is 0.475. The molecule has 5 heteroatoms. The molecule has 0 radical (unpaired) electrons. The third-order valence-corrected chi connectivity index (χ3v) is 1.59. The molecule has 2 aromatic heterocycles. The molecule has 0 bridgehead atoms. The van der Waals surface area contributed by atoms with Crippen LogP contribution >= 0.6 is 0 Å². The summed E-state index contributed by atoms with van der Waals surface area (Å²) in [6, 6.07) is 11.6. The van der Waals surface area contributed by atoms with Gasteiger partial charge in [-0.25, -0.2) is 0 Å². The molecule has 0 unspecified atom stereocenters. The Bertz CT molecular complexity index is 319. The molecule has 2 heterocycles. The van der Waals surface area contributed by atoms with Gasteiger partial charge in [0.1, 0.15) is 0 Å². The summed E-state index contributed by atoms with van der Waals surface area (Å²) >= 11 is 0. The van der Waals surface area contributed by atoms with Crippen LogP contribution in [0.2, 0.25) is 0 Å². The predicted octanol–water partition coefficient (Wildman–Crippen LogP) is -3.85. The molecule has 0 aromatic carbocycles. The number of hydrogen-bond acceptors (Lipinski definition) is 2. The molecule has 2 nitrogen and oxygen atoms in total. The standard InChI is InChI=1S/C10H8N2.2ClH.Os/c1-3-7-11-9(5-1)10-6-2-4-8-12-10;;;/h1-8H;2*1H;/q;;;+2/p-2. The third-order valence-electron chi connectivity index (χ3n) is 1.59. The van der Waals surface area contributed by atoms with Crippen molar-refractivity contribution in [1.82, 2.24) is 9.97 Å². The summed E-state index contributed by atoms with van der Waals surface area (Å²) in [6.45, 7) is 0. The minimum Gasteiger partial charge on any atom is -1.00 e. The summed E-state index contributed by atoms with van der Waals surface area (Å²) in [5, 5.41) is 0. The Balaban J connectivity index is 0. The summed E-state index contributed by atoms with van der Waals surface area (Å²) in [5.74, 6) is 0. The van der Waals surface area contributed by atoms with E-state index in [0.29, 0.717) is 0 Å². The second-order valence-electron chi connectivity index (χ2n) is 2.43. The molecule has 0 saturated heterocycles. The van der Waals surface area contributed by atoms with E-state index in [4.69, 9.17) is 0 Å². The average Bonchev–Trinajstić information content (AvgIpc) is 2.21. The van der Waals surface area contributed by atoms with Crippen molar-refractivity contribution in [3.63, 3.8) is 0 Å². The first-order valence-electron chi connectivity index (χ1n) is 3.79. The maximum absolute atomic E-state index is 4.19. The molecule has 0 atom stereocenters. The van der Waals surface area contributed by atoms with Gasteiger partial charge in [0.2, 0.25) is 0 Å². The largest absolute Gasteiger partial charge is 2.00 e. The van der Waals surface area contributed by atoms with Gasteiger partial charge in [-0.3, -0.25) is 9.97 Å². The van der Waals surface area contributed by atoms with E-state index in [-0.39, 0.29) is 44.6 Å². The first kappa shape index (κ1) is 16.9. The molecule has 0 N–H and O–H groups in total. The molecule has 2 aromatic rings. The van der Waals surface area contributed by atoms with Gasteiger partial charge in [-0.15, -0.1) is 0 Å². The first-order valence-corrected chi connectivity index (χ1v) is 3.79. The van der Waals surface area contributed by atoms with Crippen LogP contribution in [0.15, 0.2) is 48.8 Å². The zero-order valence-corrected chi connectivity index (χ0v) is 11.7. The van der Waals surface area contributed by atoms with Crippen LogP contribution in [0.4, 0.5) is 0 Å². The Morgan fingerprint density at radius 2 is 1.07 bits per heavy atom. The summed E-state index contributed by atoms with van der Waals surface area (Å²) in [6.07, 6.45) is 3.54. The Morgan fingerprint density at radius 1 is 0.667 bits per heavy atom. The minimum atomic E-state index is 0. The summed E-state index contributed by atoms with van der Waals surface area (Å²) in [7, 11) is 0. The maximum Gasteiger partial charge on any atom is 2.00 e. The number of aromatic nitrogens is 2. The normalized spacial score (nSPS) is 7.73. The van der Waals surface area contributed by atoms with Crippen LogP contribution in [-0.4, -0.2) is 9.97 Å². The SMILES string of the molecule is [Cl-].[Cl-].[Os+2].c1ccc(-c2ccccn2)nc1. The van der Waals surface area contributed by atoms with E-state index in [1.807, 2.05) is 36.4 Å². The second-order valence-corrected chi connectivity index (χ2v) is 2.43. The van der Waals surface area contributed by atoms with Gasteiger partial charge in [0, 0.05) is 12.4 Å². The molecular formula is C10H8Cl2N2Os. The fourth-order valence-corrected chi connectivity index (χ4v) is 1.03. The van der Waals surface area contributed by atoms with E-state index in [2.05, 4.69) is 9.97 Å².